The molecule has 0 fully saturated rings. The van der Waals surface area contributed by atoms with Crippen molar-refractivity contribution in [3.63, 3.8) is 0 Å². The molecule has 0 radical (unpaired) electrons. The zero-order valence-corrected chi connectivity index (χ0v) is 9.56. The van der Waals surface area contributed by atoms with Crippen molar-refractivity contribution in [2.24, 2.45) is 0 Å². The van der Waals surface area contributed by atoms with Gasteiger partial charge < -0.3 is 10.2 Å². The molecular weight excluding hydrogens is 236 g/mol. The van der Waals surface area contributed by atoms with Gasteiger partial charge in [0.15, 0.2) is 0 Å². The van der Waals surface area contributed by atoms with Crippen molar-refractivity contribution >= 4 is 11.6 Å². The van der Waals surface area contributed by atoms with Crippen molar-refractivity contribution in [1.29, 1.82) is 0 Å². The average molecular weight is 282 g/mol. The first-order valence-corrected chi connectivity index (χ1v) is 5.08. The summed E-state index contributed by atoms with van der Waals surface area (Å²) in [5.74, 6) is -0.883. The predicted octanol–water partition coefficient (Wildman–Crippen LogP) is 2.85. The molecule has 0 aromatic heterocycles. The summed E-state index contributed by atoms with van der Waals surface area (Å²) in [6.45, 7) is -21.6. The molecular formula is C16H24N2O. The van der Waals surface area contributed by atoms with E-state index in [2.05, 4.69) is 5.32 Å². The second-order valence-corrected chi connectivity index (χ2v) is 3.37. The zero-order valence-electron chi connectivity index (χ0n) is 30.6. The maximum Gasteiger partial charge on any atom is 0.228 e. The second-order valence-electron chi connectivity index (χ2n) is 3.37. The summed E-state index contributed by atoms with van der Waals surface area (Å²) < 4.78 is 168. The Morgan fingerprint density at radius 1 is 1.37 bits per heavy atom. The minimum Gasteiger partial charge on any atom is -0.326 e. The number of amides is 1. The Hall–Kier alpha value is -1.35. The first kappa shape index (κ1) is 3.11. The van der Waals surface area contributed by atoms with Crippen molar-refractivity contribution < 1.29 is 33.6 Å². The molecule has 0 bridgehead atoms. The molecule has 1 aliphatic heterocycles. The van der Waals surface area contributed by atoms with Gasteiger partial charge in [-0.2, -0.15) is 0 Å². The number of carbonyl (C=O) groups excluding carboxylic acids is 1. The Morgan fingerprint density at radius 3 is 2.89 bits per heavy atom. The van der Waals surface area contributed by atoms with Crippen LogP contribution in [0.15, 0.2) is 18.1 Å². The van der Waals surface area contributed by atoms with Gasteiger partial charge in [0.05, 0.1) is 10.5 Å². The van der Waals surface area contributed by atoms with Crippen LogP contribution in [0.25, 0.3) is 0 Å². The van der Waals surface area contributed by atoms with E-state index in [1.165, 1.54) is 0 Å². The van der Waals surface area contributed by atoms with E-state index in [4.69, 9.17) is 28.8 Å². The van der Waals surface area contributed by atoms with Crippen molar-refractivity contribution in [3.8, 4) is 0 Å². The van der Waals surface area contributed by atoms with Gasteiger partial charge in [-0.05, 0) is 49.3 Å². The van der Waals surface area contributed by atoms with Gasteiger partial charge in [0, 0.05) is 36.9 Å². The van der Waals surface area contributed by atoms with E-state index in [0.29, 0.717) is 0 Å². The topological polar surface area (TPSA) is 32.3 Å². The molecule has 2 rings (SSSR count). The third kappa shape index (κ3) is 3.57. The number of nitrogens with zero attached hydrogens (tertiary/aromatic N) is 1. The summed E-state index contributed by atoms with van der Waals surface area (Å²) in [6.07, 6.45) is -13.4. The smallest absolute Gasteiger partial charge is 0.228 e. The normalized spacial score (nSPS) is 35.8. The lowest BCUT2D eigenvalue weighted by Gasteiger charge is -2.21. The van der Waals surface area contributed by atoms with Crippen molar-refractivity contribution in [2.45, 2.75) is 39.2 Å². The molecule has 19 heavy (non-hydrogen) atoms. The highest BCUT2D eigenvalue weighted by molar-refractivity contribution is 5.99. The van der Waals surface area contributed by atoms with E-state index in [1.807, 2.05) is 0 Å². The van der Waals surface area contributed by atoms with Gasteiger partial charge in [-0.3, -0.25) is 4.79 Å². The van der Waals surface area contributed by atoms with Gasteiger partial charge in [-0.15, -0.1) is 0 Å². The molecule has 1 aromatic rings. The van der Waals surface area contributed by atoms with Crippen LogP contribution in [0.5, 0.6) is 0 Å². The van der Waals surface area contributed by atoms with Crippen LogP contribution < -0.4 is 5.32 Å². The Balaban J connectivity index is 3.09. The van der Waals surface area contributed by atoms with Crippen LogP contribution in [-0.4, -0.2) is 30.3 Å². The number of hydrogen-bond acceptors (Lipinski definition) is 2. The highest BCUT2D eigenvalue weighted by Crippen LogP contribution is 2.26. The lowest BCUT2D eigenvalue weighted by atomic mass is 10.0. The van der Waals surface area contributed by atoms with E-state index in [1.54, 1.807) is 0 Å². The minimum absolute atomic E-state index is 0.520. The molecule has 0 spiro atoms. The molecule has 3 heteroatoms. The molecule has 0 unspecified atom stereocenters. The van der Waals surface area contributed by atoms with Crippen LogP contribution in [0.4, 0.5) is 5.69 Å². The summed E-state index contributed by atoms with van der Waals surface area (Å²) in [7, 11) is 0. The third-order valence-corrected chi connectivity index (χ3v) is 2.21. The number of fused-ring (bicyclic) bond motifs is 1. The lowest BCUT2D eigenvalue weighted by molar-refractivity contribution is -0.115. The van der Waals surface area contributed by atoms with Gasteiger partial charge in [0.1, 0.15) is 0 Å². The summed E-state index contributed by atoms with van der Waals surface area (Å²) in [5.41, 5.74) is -2.29. The number of hydrogen-bond donors (Lipinski definition) is 1. The predicted molar refractivity (Wildman–Crippen MR) is 79.5 cm³/mol. The molecule has 3 nitrogen and oxygen atoms in total. The van der Waals surface area contributed by atoms with Crippen LogP contribution in [0, 0.1) is 0 Å². The molecule has 104 valence electrons. The summed E-state index contributed by atoms with van der Waals surface area (Å²) >= 11 is 0. The third-order valence-electron chi connectivity index (χ3n) is 2.21. The van der Waals surface area contributed by atoms with Gasteiger partial charge >= 0.3 is 0 Å². The first-order valence-electron chi connectivity index (χ1n) is 15.6. The SMILES string of the molecule is [2H]c1c([2H])c2c(c(C([2H])([2H])C([2H])([2H])N(C([2H])([2H])C([2H])([2H])C([2H])([2H])[2H])C([2H])([2H])C([2H])([2H])C([2H])([2H])[2H])c1[2H])CC(=O)N2. The van der Waals surface area contributed by atoms with Gasteiger partial charge in [-0.1, -0.05) is 25.8 Å². The van der Waals surface area contributed by atoms with Crippen LogP contribution in [-0.2, 0) is 17.6 Å². The van der Waals surface area contributed by atoms with E-state index in [9.17, 15) is 4.79 Å². The number of benzene rings is 1. The van der Waals surface area contributed by atoms with Gasteiger partial charge in [-0.25, -0.2) is 0 Å². The van der Waals surface area contributed by atoms with Crippen LogP contribution in [0.2, 0.25) is 0 Å². The van der Waals surface area contributed by atoms with Crippen molar-refractivity contribution in [2.75, 3.05) is 24.8 Å². The zero-order chi connectivity index (χ0) is 32.0. The molecule has 1 heterocycles. The Morgan fingerprint density at radius 2 is 2.16 bits per heavy atom. The minimum atomic E-state index is -4.55. The molecule has 1 aliphatic rings. The maximum atomic E-state index is 12.1. The van der Waals surface area contributed by atoms with Crippen molar-refractivity contribution in [1.82, 2.24) is 4.90 Å². The van der Waals surface area contributed by atoms with Crippen LogP contribution in [0.3, 0.4) is 0 Å². The summed E-state index contributed by atoms with van der Waals surface area (Å²) in [5, 5.41) is 2.13. The fourth-order valence-corrected chi connectivity index (χ4v) is 1.47. The first-order chi connectivity index (χ1) is 17.3. The fraction of sp³-hybridized carbons (Fsp3) is 0.562. The highest BCUT2D eigenvalue weighted by atomic mass is 16.1. The number of carbonyl (C=O) groups is 1. The van der Waals surface area contributed by atoms with E-state index >= 15 is 0 Å². The van der Waals surface area contributed by atoms with Crippen LogP contribution in [0.1, 0.15) is 66.4 Å². The summed E-state index contributed by atoms with van der Waals surface area (Å²) in [6, 6.07) is -3.04. The average Bonchev–Trinajstić information content (AvgIpc) is 3.10. The van der Waals surface area contributed by atoms with Crippen LogP contribution >= 0.6 is 0 Å². The second kappa shape index (κ2) is 6.71. The van der Waals surface area contributed by atoms with Gasteiger partial charge in [0.25, 0.3) is 0 Å². The standard InChI is InChI=1S/C16H24N2O/c1-3-9-18(10-4-2)11-8-13-6-5-7-15-14(13)12-16(19)17-15/h5-7H,3-4,8-12H2,1-2H3,(H,17,19)/i1D3,2D3,3D2,4D2,5D,6D,7D,8D2,9D2,10D2,11D2. The van der Waals surface area contributed by atoms with E-state index in [-0.39, 0.29) is 0 Å². The Labute approximate surface area is 145 Å². The van der Waals surface area contributed by atoms with Crippen molar-refractivity contribution in [3.05, 3.63) is 29.3 Å². The molecule has 1 N–H and O–H groups in total. The fourth-order valence-electron chi connectivity index (χ4n) is 1.47. The number of rotatable bonds is 7. The Kier molecular flexibility index (Phi) is 1.10. The molecule has 0 aliphatic carbocycles. The lowest BCUT2D eigenvalue weighted by Crippen LogP contribution is -2.28. The number of anilines is 1. The quantitative estimate of drug-likeness (QED) is 0.833. The molecule has 0 saturated heterocycles. The summed E-state index contributed by atoms with van der Waals surface area (Å²) in [4.78, 5) is 10.9. The molecule has 0 saturated carbocycles. The van der Waals surface area contributed by atoms with Gasteiger partial charge in [0.2, 0.25) is 5.91 Å². The molecule has 1 aromatic carbocycles. The van der Waals surface area contributed by atoms with E-state index < -0.39 is 104 Å². The molecule has 1 amide bonds. The largest absolute Gasteiger partial charge is 0.326 e. The Bertz CT molecular complexity index is 1160. The monoisotopic (exact) mass is 281 g/mol. The molecule has 0 atom stereocenters. The number of nitrogens with one attached hydrogen (secondary N) is 1. The highest BCUT2D eigenvalue weighted by Gasteiger charge is 2.20. The van der Waals surface area contributed by atoms with E-state index in [0.717, 1.165) is 0 Å². The maximum absolute atomic E-state index is 12.1.